The predicted octanol–water partition coefficient (Wildman–Crippen LogP) is 2.90. The van der Waals surface area contributed by atoms with Crippen LogP contribution in [0.25, 0.3) is 22.6 Å². The number of benzene rings is 1. The Bertz CT molecular complexity index is 1050. The lowest BCUT2D eigenvalue weighted by Crippen LogP contribution is -2.26. The first kappa shape index (κ1) is 15.9. The van der Waals surface area contributed by atoms with Gasteiger partial charge in [0, 0.05) is 12.7 Å². The minimum Gasteiger partial charge on any atom is -0.508 e. The Kier molecular flexibility index (Phi) is 4.10. The van der Waals surface area contributed by atoms with Crippen LogP contribution in [-0.4, -0.2) is 32.5 Å². The Labute approximate surface area is 148 Å². The topological polar surface area (TPSA) is 104 Å². The number of carbonyl (C=O) groups excluding carboxylic acids is 1. The van der Waals surface area contributed by atoms with Gasteiger partial charge < -0.3 is 19.8 Å². The van der Waals surface area contributed by atoms with E-state index in [4.69, 9.17) is 4.42 Å². The fourth-order valence-corrected chi connectivity index (χ4v) is 2.76. The molecule has 0 bridgehead atoms. The lowest BCUT2D eigenvalue weighted by atomic mass is 10.1. The number of furan rings is 1. The summed E-state index contributed by atoms with van der Waals surface area (Å²) in [6.45, 7) is 0.402. The highest BCUT2D eigenvalue weighted by Gasteiger charge is 2.15. The third-order valence-corrected chi connectivity index (χ3v) is 4.10. The number of carbonyl (C=O) groups is 1. The number of nitrogens with one attached hydrogen (secondary N) is 2. The average molecular weight is 348 g/mol. The first-order valence-corrected chi connectivity index (χ1v) is 8.15. The maximum absolute atomic E-state index is 12.6. The molecule has 0 aliphatic heterocycles. The van der Waals surface area contributed by atoms with Crippen LogP contribution >= 0.6 is 0 Å². The standard InChI is InChI=1S/C19H16N4O3/c24-15-4-2-1-3-12(15)5-8-21-19(25)14-6-9-20-18-16(14)22-17(23-18)13-7-10-26-11-13/h1-4,6-7,9-11,24H,5,8H2,(H,21,25)(H,20,22,23). The maximum atomic E-state index is 12.6. The van der Waals surface area contributed by atoms with E-state index in [1.54, 1.807) is 43.0 Å². The number of fused-ring (bicyclic) bond motifs is 1. The van der Waals surface area contributed by atoms with Gasteiger partial charge in [-0.1, -0.05) is 18.2 Å². The van der Waals surface area contributed by atoms with Crippen molar-refractivity contribution in [3.8, 4) is 17.1 Å². The molecule has 0 atom stereocenters. The van der Waals surface area contributed by atoms with Crippen molar-refractivity contribution in [3.63, 3.8) is 0 Å². The highest BCUT2D eigenvalue weighted by molar-refractivity contribution is 6.04. The molecular weight excluding hydrogens is 332 g/mol. The Morgan fingerprint density at radius 3 is 2.92 bits per heavy atom. The third kappa shape index (κ3) is 3.02. The van der Waals surface area contributed by atoms with Crippen molar-refractivity contribution in [2.24, 2.45) is 0 Å². The van der Waals surface area contributed by atoms with Crippen molar-refractivity contribution < 1.29 is 14.3 Å². The van der Waals surface area contributed by atoms with E-state index < -0.39 is 0 Å². The van der Waals surface area contributed by atoms with Gasteiger partial charge in [-0.2, -0.15) is 0 Å². The summed E-state index contributed by atoms with van der Waals surface area (Å²) in [5, 5.41) is 12.6. The quantitative estimate of drug-likeness (QED) is 0.514. The largest absolute Gasteiger partial charge is 0.508 e. The first-order chi connectivity index (χ1) is 12.7. The normalized spacial score (nSPS) is 10.9. The van der Waals surface area contributed by atoms with Crippen LogP contribution < -0.4 is 5.32 Å². The summed E-state index contributed by atoms with van der Waals surface area (Å²) >= 11 is 0. The molecule has 3 heterocycles. The summed E-state index contributed by atoms with van der Waals surface area (Å²) in [4.78, 5) is 24.4. The molecule has 0 aliphatic carbocycles. The Balaban J connectivity index is 1.52. The Hall–Kier alpha value is -3.61. The van der Waals surface area contributed by atoms with E-state index >= 15 is 0 Å². The molecule has 26 heavy (non-hydrogen) atoms. The van der Waals surface area contributed by atoms with Crippen LogP contribution in [0.4, 0.5) is 0 Å². The molecule has 3 aromatic heterocycles. The molecule has 0 saturated heterocycles. The van der Waals surface area contributed by atoms with Gasteiger partial charge in [0.25, 0.3) is 5.91 Å². The van der Waals surface area contributed by atoms with E-state index in [2.05, 4.69) is 20.3 Å². The molecule has 0 spiro atoms. The molecule has 0 saturated carbocycles. The number of aromatic nitrogens is 3. The molecule has 0 radical (unpaired) electrons. The molecule has 7 heteroatoms. The number of rotatable bonds is 5. The van der Waals surface area contributed by atoms with Crippen LogP contribution in [0.3, 0.4) is 0 Å². The fraction of sp³-hybridized carbons (Fsp3) is 0.105. The van der Waals surface area contributed by atoms with E-state index in [-0.39, 0.29) is 11.7 Å². The fourth-order valence-electron chi connectivity index (χ4n) is 2.76. The van der Waals surface area contributed by atoms with Gasteiger partial charge in [0.2, 0.25) is 0 Å². The first-order valence-electron chi connectivity index (χ1n) is 8.15. The van der Waals surface area contributed by atoms with Gasteiger partial charge in [-0.05, 0) is 30.2 Å². The lowest BCUT2D eigenvalue weighted by molar-refractivity contribution is 0.0955. The van der Waals surface area contributed by atoms with Gasteiger partial charge in [0.15, 0.2) is 5.65 Å². The monoisotopic (exact) mass is 348 g/mol. The summed E-state index contributed by atoms with van der Waals surface area (Å²) in [7, 11) is 0. The number of phenolic OH excluding ortho intramolecular Hbond substituents is 1. The summed E-state index contributed by atoms with van der Waals surface area (Å²) in [5.41, 5.74) is 3.06. The van der Waals surface area contributed by atoms with Crippen molar-refractivity contribution in [3.05, 3.63) is 66.2 Å². The van der Waals surface area contributed by atoms with Crippen molar-refractivity contribution in [2.75, 3.05) is 6.54 Å². The number of nitrogens with zero attached hydrogens (tertiary/aromatic N) is 2. The number of aromatic hydroxyl groups is 1. The number of aromatic amines is 1. The Morgan fingerprint density at radius 2 is 2.12 bits per heavy atom. The number of phenols is 1. The molecule has 1 amide bonds. The van der Waals surface area contributed by atoms with Crippen LogP contribution in [-0.2, 0) is 6.42 Å². The lowest BCUT2D eigenvalue weighted by Gasteiger charge is -2.07. The van der Waals surface area contributed by atoms with Gasteiger partial charge in [-0.15, -0.1) is 0 Å². The molecule has 7 nitrogen and oxygen atoms in total. The number of imidazole rings is 1. The molecule has 1 aromatic carbocycles. The third-order valence-electron chi connectivity index (χ3n) is 4.10. The van der Waals surface area contributed by atoms with Gasteiger partial charge in [0.05, 0.1) is 17.4 Å². The van der Waals surface area contributed by atoms with E-state index in [1.165, 1.54) is 0 Å². The number of H-pyrrole nitrogens is 1. The Morgan fingerprint density at radius 1 is 1.23 bits per heavy atom. The number of hydrogen-bond donors (Lipinski definition) is 3. The molecule has 4 aromatic rings. The number of amides is 1. The summed E-state index contributed by atoms with van der Waals surface area (Å²) < 4.78 is 5.07. The summed E-state index contributed by atoms with van der Waals surface area (Å²) in [6.07, 6.45) is 5.23. The highest BCUT2D eigenvalue weighted by Crippen LogP contribution is 2.22. The van der Waals surface area contributed by atoms with Crippen molar-refractivity contribution in [1.29, 1.82) is 0 Å². The second-order valence-electron chi connectivity index (χ2n) is 5.79. The molecular formula is C19H16N4O3. The van der Waals surface area contributed by atoms with Gasteiger partial charge in [-0.25, -0.2) is 9.97 Å². The van der Waals surface area contributed by atoms with Crippen LogP contribution in [0.15, 0.2) is 59.5 Å². The summed E-state index contributed by atoms with van der Waals surface area (Å²) in [6, 6.07) is 10.5. The molecule has 0 aliphatic rings. The zero-order valence-electron chi connectivity index (χ0n) is 13.8. The molecule has 130 valence electrons. The molecule has 4 rings (SSSR count). The summed E-state index contributed by atoms with van der Waals surface area (Å²) in [5.74, 6) is 0.582. The van der Waals surface area contributed by atoms with Crippen LogP contribution in [0.1, 0.15) is 15.9 Å². The van der Waals surface area contributed by atoms with E-state index in [0.717, 1.165) is 11.1 Å². The van der Waals surface area contributed by atoms with E-state index in [1.807, 2.05) is 12.1 Å². The van der Waals surface area contributed by atoms with E-state index in [9.17, 15) is 9.90 Å². The van der Waals surface area contributed by atoms with E-state index in [0.29, 0.717) is 35.5 Å². The van der Waals surface area contributed by atoms with Crippen molar-refractivity contribution >= 4 is 17.1 Å². The van der Waals surface area contributed by atoms with Gasteiger partial charge in [0.1, 0.15) is 23.4 Å². The molecule has 3 N–H and O–H groups in total. The highest BCUT2D eigenvalue weighted by atomic mass is 16.3. The second kappa shape index (κ2) is 6.72. The van der Waals surface area contributed by atoms with Crippen LogP contribution in [0.2, 0.25) is 0 Å². The SMILES string of the molecule is O=C(NCCc1ccccc1O)c1ccnc2[nH]c(-c3ccoc3)nc12. The zero-order valence-corrected chi connectivity index (χ0v) is 13.8. The zero-order chi connectivity index (χ0) is 17.9. The van der Waals surface area contributed by atoms with Crippen molar-refractivity contribution in [1.82, 2.24) is 20.3 Å². The number of hydrogen-bond acceptors (Lipinski definition) is 5. The predicted molar refractivity (Wildman–Crippen MR) is 95.7 cm³/mol. The average Bonchev–Trinajstić information content (AvgIpc) is 3.32. The maximum Gasteiger partial charge on any atom is 0.253 e. The van der Waals surface area contributed by atoms with Crippen LogP contribution in [0.5, 0.6) is 5.75 Å². The molecule has 0 unspecified atom stereocenters. The second-order valence-corrected chi connectivity index (χ2v) is 5.79. The van der Waals surface area contributed by atoms with Crippen LogP contribution in [0, 0.1) is 0 Å². The van der Waals surface area contributed by atoms with Gasteiger partial charge in [-0.3, -0.25) is 4.79 Å². The smallest absolute Gasteiger partial charge is 0.253 e. The van der Waals surface area contributed by atoms with Crippen molar-refractivity contribution in [2.45, 2.75) is 6.42 Å². The van der Waals surface area contributed by atoms with Gasteiger partial charge >= 0.3 is 0 Å². The number of pyridine rings is 1. The minimum atomic E-state index is -0.238. The minimum absolute atomic E-state index is 0.227. The number of para-hydroxylation sites is 1. The molecule has 0 fully saturated rings.